The van der Waals surface area contributed by atoms with Crippen LogP contribution in [-0.2, 0) is 0 Å². The highest BCUT2D eigenvalue weighted by Crippen LogP contribution is 2.59. The molecule has 40 heavy (non-hydrogen) atoms. The molecule has 0 nitrogen and oxygen atoms in total. The second-order valence-corrected chi connectivity index (χ2v) is 11.6. The molecule has 9 rings (SSSR count). The Morgan fingerprint density at radius 2 is 0.900 bits per heavy atom. The molecule has 0 heteroatoms. The van der Waals surface area contributed by atoms with Gasteiger partial charge < -0.3 is 0 Å². The van der Waals surface area contributed by atoms with Crippen LogP contribution in [0, 0.1) is 6.92 Å². The van der Waals surface area contributed by atoms with Crippen molar-refractivity contribution in [3.8, 4) is 22.3 Å². The Labute approximate surface area is 234 Å². The molecule has 0 heterocycles. The van der Waals surface area contributed by atoms with Gasteiger partial charge in [0.05, 0.1) is 0 Å². The van der Waals surface area contributed by atoms with Gasteiger partial charge in [-0.2, -0.15) is 0 Å². The zero-order chi connectivity index (χ0) is 26.4. The molecule has 2 aliphatic carbocycles. The lowest BCUT2D eigenvalue weighted by Crippen LogP contribution is -2.05. The van der Waals surface area contributed by atoms with E-state index in [0.717, 1.165) is 0 Å². The Kier molecular flexibility index (Phi) is 4.52. The molecule has 0 radical (unpaired) electrons. The maximum absolute atomic E-state index is 2.39. The van der Waals surface area contributed by atoms with Crippen molar-refractivity contribution in [2.75, 3.05) is 0 Å². The van der Waals surface area contributed by atoms with Crippen molar-refractivity contribution in [1.29, 1.82) is 0 Å². The molecule has 2 unspecified atom stereocenters. The second-order valence-electron chi connectivity index (χ2n) is 11.6. The molecule has 0 fully saturated rings. The van der Waals surface area contributed by atoms with Crippen molar-refractivity contribution in [3.05, 3.63) is 155 Å². The Hall–Kier alpha value is -4.68. The highest BCUT2D eigenvalue weighted by atomic mass is 14.5. The van der Waals surface area contributed by atoms with Crippen LogP contribution in [0.15, 0.2) is 127 Å². The Balaban J connectivity index is 1.41. The first-order chi connectivity index (χ1) is 19.8. The van der Waals surface area contributed by atoms with Crippen LogP contribution in [0.5, 0.6) is 0 Å². The Morgan fingerprint density at radius 1 is 0.400 bits per heavy atom. The SMILES string of the molecule is Cc1ccc(-c2c3ccccc3c(-c3cccc4c3C3CC4c4ccccc43)c3ccccc23)c2ccccc12. The van der Waals surface area contributed by atoms with Crippen molar-refractivity contribution in [3.63, 3.8) is 0 Å². The van der Waals surface area contributed by atoms with Gasteiger partial charge >= 0.3 is 0 Å². The monoisotopic (exact) mass is 508 g/mol. The van der Waals surface area contributed by atoms with E-state index in [2.05, 4.69) is 134 Å². The van der Waals surface area contributed by atoms with Gasteiger partial charge in [-0.3, -0.25) is 0 Å². The van der Waals surface area contributed by atoms with Crippen LogP contribution in [0.4, 0.5) is 0 Å². The topological polar surface area (TPSA) is 0 Å². The third kappa shape index (κ3) is 2.86. The number of fused-ring (bicyclic) bond motifs is 11. The van der Waals surface area contributed by atoms with Crippen LogP contribution in [0.2, 0.25) is 0 Å². The first-order valence-electron chi connectivity index (χ1n) is 14.4. The number of rotatable bonds is 2. The Morgan fingerprint density at radius 3 is 1.55 bits per heavy atom. The van der Waals surface area contributed by atoms with Crippen LogP contribution in [0.25, 0.3) is 54.6 Å². The van der Waals surface area contributed by atoms with E-state index in [1.807, 2.05) is 0 Å². The number of benzene rings is 7. The van der Waals surface area contributed by atoms with Crippen LogP contribution in [0.3, 0.4) is 0 Å². The van der Waals surface area contributed by atoms with Crippen molar-refractivity contribution in [1.82, 2.24) is 0 Å². The van der Waals surface area contributed by atoms with E-state index in [1.54, 1.807) is 5.56 Å². The maximum Gasteiger partial charge on any atom is 0.0110 e. The molecule has 0 saturated carbocycles. The van der Waals surface area contributed by atoms with Crippen LogP contribution in [0.1, 0.15) is 46.1 Å². The third-order valence-corrected chi connectivity index (χ3v) is 9.69. The normalized spacial score (nSPS) is 17.0. The van der Waals surface area contributed by atoms with Crippen molar-refractivity contribution >= 4 is 32.3 Å². The average Bonchev–Trinajstić information content (AvgIpc) is 3.59. The standard InChI is InChI=1S/C40H28/c1-24-21-22-34(26-12-3-2-11-25(24)26)38-29-15-6-8-17-31(29)39(32-18-9-7-16-30(32)38)35-20-10-19-33-36-23-37(40(33)35)28-14-5-4-13-27(28)36/h2-22,36-37H,23H2,1H3. The molecule has 7 aromatic carbocycles. The molecule has 2 aliphatic rings. The van der Waals surface area contributed by atoms with Gasteiger partial charge in [-0.15, -0.1) is 0 Å². The summed E-state index contributed by atoms with van der Waals surface area (Å²) in [6.45, 7) is 2.22. The van der Waals surface area contributed by atoms with Crippen LogP contribution >= 0.6 is 0 Å². The summed E-state index contributed by atoms with van der Waals surface area (Å²) in [7, 11) is 0. The fourth-order valence-corrected chi connectivity index (χ4v) is 8.07. The third-order valence-electron chi connectivity index (χ3n) is 9.69. The minimum absolute atomic E-state index is 0.477. The summed E-state index contributed by atoms with van der Waals surface area (Å²) in [5, 5.41) is 7.97. The van der Waals surface area contributed by atoms with E-state index in [-0.39, 0.29) is 0 Å². The van der Waals surface area contributed by atoms with Gasteiger partial charge in [-0.1, -0.05) is 127 Å². The largest absolute Gasteiger partial charge is 0.0620 e. The van der Waals surface area contributed by atoms with Crippen LogP contribution in [-0.4, -0.2) is 0 Å². The molecule has 0 aromatic heterocycles. The number of hydrogen-bond acceptors (Lipinski definition) is 0. The predicted octanol–water partition coefficient (Wildman–Crippen LogP) is 10.8. The fourth-order valence-electron chi connectivity index (χ4n) is 8.07. The summed E-state index contributed by atoms with van der Waals surface area (Å²) in [6.07, 6.45) is 1.20. The van der Waals surface area contributed by atoms with Crippen molar-refractivity contribution < 1.29 is 0 Å². The first kappa shape index (κ1) is 22.2. The zero-order valence-electron chi connectivity index (χ0n) is 22.5. The summed E-state index contributed by atoms with van der Waals surface area (Å²) < 4.78 is 0. The number of aryl methyl sites for hydroxylation is 1. The lowest BCUT2D eigenvalue weighted by molar-refractivity contribution is 0.796. The van der Waals surface area contributed by atoms with Crippen molar-refractivity contribution in [2.24, 2.45) is 0 Å². The minimum Gasteiger partial charge on any atom is -0.0620 e. The van der Waals surface area contributed by atoms with E-state index < -0.39 is 0 Å². The summed E-state index contributed by atoms with van der Waals surface area (Å²) in [5.41, 5.74) is 12.9. The molecule has 0 saturated heterocycles. The van der Waals surface area contributed by atoms with Crippen LogP contribution < -0.4 is 0 Å². The highest BCUT2D eigenvalue weighted by Gasteiger charge is 2.42. The molecular formula is C40H28. The predicted molar refractivity (Wildman–Crippen MR) is 169 cm³/mol. The molecule has 2 atom stereocenters. The lowest BCUT2D eigenvalue weighted by atomic mass is 9.79. The molecule has 7 aromatic rings. The molecule has 0 aliphatic heterocycles. The average molecular weight is 509 g/mol. The van der Waals surface area contributed by atoms with Gasteiger partial charge in [0.25, 0.3) is 0 Å². The summed E-state index contributed by atoms with van der Waals surface area (Å²) >= 11 is 0. The molecule has 0 spiro atoms. The van der Waals surface area contributed by atoms with Gasteiger partial charge in [-0.05, 0) is 95.7 Å². The van der Waals surface area contributed by atoms with Gasteiger partial charge in [0.1, 0.15) is 0 Å². The maximum atomic E-state index is 2.39. The summed E-state index contributed by atoms with van der Waals surface area (Å²) in [5.74, 6) is 0.998. The second kappa shape index (κ2) is 8.16. The number of hydrogen-bond donors (Lipinski definition) is 0. The smallest absolute Gasteiger partial charge is 0.0110 e. The lowest BCUT2D eigenvalue weighted by Gasteiger charge is -2.25. The van der Waals surface area contributed by atoms with Gasteiger partial charge in [0.2, 0.25) is 0 Å². The quantitative estimate of drug-likeness (QED) is 0.204. The minimum atomic E-state index is 0.477. The molecule has 0 amide bonds. The first-order valence-corrected chi connectivity index (χ1v) is 14.4. The fraction of sp³-hybridized carbons (Fsp3) is 0.100. The molecule has 2 bridgehead atoms. The van der Waals surface area contributed by atoms with Gasteiger partial charge in [-0.25, -0.2) is 0 Å². The molecule has 188 valence electrons. The van der Waals surface area contributed by atoms with Gasteiger partial charge in [0, 0.05) is 11.8 Å². The molecule has 0 N–H and O–H groups in total. The van der Waals surface area contributed by atoms with E-state index in [1.165, 1.54) is 83.2 Å². The van der Waals surface area contributed by atoms with Gasteiger partial charge in [0.15, 0.2) is 0 Å². The highest BCUT2D eigenvalue weighted by molar-refractivity contribution is 6.24. The Bertz CT molecular complexity index is 2110. The summed E-state index contributed by atoms with van der Waals surface area (Å²) in [4.78, 5) is 0. The van der Waals surface area contributed by atoms with E-state index >= 15 is 0 Å². The zero-order valence-corrected chi connectivity index (χ0v) is 22.5. The molecular weight excluding hydrogens is 480 g/mol. The van der Waals surface area contributed by atoms with E-state index in [4.69, 9.17) is 0 Å². The summed E-state index contributed by atoms with van der Waals surface area (Å²) in [6, 6.07) is 47.9. The van der Waals surface area contributed by atoms with Crippen molar-refractivity contribution in [2.45, 2.75) is 25.2 Å². The van der Waals surface area contributed by atoms with E-state index in [9.17, 15) is 0 Å². The van der Waals surface area contributed by atoms with E-state index in [0.29, 0.717) is 11.8 Å².